The van der Waals surface area contributed by atoms with Crippen molar-refractivity contribution in [1.29, 1.82) is 5.26 Å². The molecule has 1 aromatic carbocycles. The lowest BCUT2D eigenvalue weighted by Gasteiger charge is -2.09. The average molecular weight is 290 g/mol. The standard InChI is InChI=1S/C14H14N2O3S/c1-18-11-6-9(7-12(19-2)13(11)17)4-3-5-10(8-15)14(16)20/h3-7,17H,1-2H3,(H2,16,20)/b4-3+,10-5+. The van der Waals surface area contributed by atoms with Gasteiger partial charge >= 0.3 is 0 Å². The molecule has 0 unspecified atom stereocenters. The van der Waals surface area contributed by atoms with E-state index >= 15 is 0 Å². The summed E-state index contributed by atoms with van der Waals surface area (Å²) in [6.45, 7) is 0. The molecule has 0 fully saturated rings. The molecule has 1 aromatic rings. The highest BCUT2D eigenvalue weighted by molar-refractivity contribution is 7.80. The van der Waals surface area contributed by atoms with Gasteiger partial charge in [0, 0.05) is 0 Å². The number of thiocarbonyl (C=S) groups is 1. The zero-order valence-electron chi connectivity index (χ0n) is 11.1. The number of nitrogens with two attached hydrogens (primary N) is 1. The van der Waals surface area contributed by atoms with Crippen LogP contribution in [0.4, 0.5) is 0 Å². The first-order chi connectivity index (χ1) is 9.53. The predicted octanol–water partition coefficient (Wildman–Crippen LogP) is 2.16. The van der Waals surface area contributed by atoms with E-state index in [1.54, 1.807) is 24.3 Å². The number of nitrogens with zero attached hydrogens (tertiary/aromatic N) is 1. The van der Waals surface area contributed by atoms with Crippen LogP contribution in [-0.2, 0) is 0 Å². The number of hydrogen-bond donors (Lipinski definition) is 2. The molecule has 0 bridgehead atoms. The maximum atomic E-state index is 9.78. The molecule has 6 heteroatoms. The highest BCUT2D eigenvalue weighted by Gasteiger charge is 2.09. The van der Waals surface area contributed by atoms with Crippen molar-refractivity contribution in [3.63, 3.8) is 0 Å². The van der Waals surface area contributed by atoms with Crippen LogP contribution in [0.2, 0.25) is 0 Å². The van der Waals surface area contributed by atoms with Crippen LogP contribution in [0.25, 0.3) is 6.08 Å². The molecule has 0 amide bonds. The van der Waals surface area contributed by atoms with Gasteiger partial charge < -0.3 is 20.3 Å². The SMILES string of the molecule is COc1cc(/C=C/C=C(\C#N)C(N)=S)cc(OC)c1O. The Morgan fingerprint density at radius 2 is 1.90 bits per heavy atom. The number of nitriles is 1. The largest absolute Gasteiger partial charge is 0.502 e. The molecule has 0 heterocycles. The number of ether oxygens (including phenoxy) is 2. The van der Waals surface area contributed by atoms with Gasteiger partial charge in [-0.3, -0.25) is 0 Å². The zero-order valence-corrected chi connectivity index (χ0v) is 11.9. The lowest BCUT2D eigenvalue weighted by atomic mass is 10.1. The molecule has 0 atom stereocenters. The Morgan fingerprint density at radius 3 is 2.30 bits per heavy atom. The molecule has 0 aliphatic rings. The number of hydrogen-bond acceptors (Lipinski definition) is 5. The minimum absolute atomic E-state index is 0.0398. The van der Waals surface area contributed by atoms with E-state index in [4.69, 9.17) is 32.7 Å². The van der Waals surface area contributed by atoms with E-state index in [2.05, 4.69) is 0 Å². The predicted molar refractivity (Wildman–Crippen MR) is 80.7 cm³/mol. The molecule has 20 heavy (non-hydrogen) atoms. The van der Waals surface area contributed by atoms with Crippen molar-refractivity contribution in [2.75, 3.05) is 14.2 Å². The molecule has 0 aromatic heterocycles. The third kappa shape index (κ3) is 3.73. The quantitative estimate of drug-likeness (QED) is 0.374. The fourth-order valence-corrected chi connectivity index (χ4v) is 1.55. The van der Waals surface area contributed by atoms with Crippen molar-refractivity contribution in [1.82, 2.24) is 0 Å². The number of benzene rings is 1. The maximum Gasteiger partial charge on any atom is 0.200 e. The molecule has 3 N–H and O–H groups in total. The lowest BCUT2D eigenvalue weighted by molar-refractivity contribution is 0.340. The van der Waals surface area contributed by atoms with Gasteiger partial charge in [0.1, 0.15) is 11.1 Å². The van der Waals surface area contributed by atoms with Crippen LogP contribution >= 0.6 is 12.2 Å². The van der Waals surface area contributed by atoms with Gasteiger partial charge in [0.25, 0.3) is 0 Å². The summed E-state index contributed by atoms with van der Waals surface area (Å²) in [7, 11) is 2.89. The monoisotopic (exact) mass is 290 g/mol. The lowest BCUT2D eigenvalue weighted by Crippen LogP contribution is -2.09. The Hall–Kier alpha value is -2.52. The number of phenolic OH excluding ortho intramolecular Hbond substituents is 1. The number of allylic oxidation sites excluding steroid dienone is 2. The summed E-state index contributed by atoms with van der Waals surface area (Å²) in [5, 5.41) is 18.6. The van der Waals surface area contributed by atoms with Crippen molar-refractivity contribution >= 4 is 23.3 Å². The van der Waals surface area contributed by atoms with E-state index in [1.807, 2.05) is 6.07 Å². The summed E-state index contributed by atoms with van der Waals surface area (Å²) >= 11 is 4.72. The summed E-state index contributed by atoms with van der Waals surface area (Å²) in [5.41, 5.74) is 6.32. The first-order valence-corrected chi connectivity index (χ1v) is 5.97. The van der Waals surface area contributed by atoms with Gasteiger partial charge in [0.15, 0.2) is 11.5 Å². The van der Waals surface area contributed by atoms with Gasteiger partial charge in [-0.1, -0.05) is 24.4 Å². The molecular weight excluding hydrogens is 276 g/mol. The van der Waals surface area contributed by atoms with Gasteiger partial charge in [-0.2, -0.15) is 5.26 Å². The minimum atomic E-state index is -0.0662. The van der Waals surface area contributed by atoms with Crippen LogP contribution in [0.1, 0.15) is 5.56 Å². The van der Waals surface area contributed by atoms with E-state index in [0.717, 1.165) is 5.56 Å². The third-order valence-corrected chi connectivity index (χ3v) is 2.66. The van der Waals surface area contributed by atoms with Crippen LogP contribution in [0, 0.1) is 11.3 Å². The minimum Gasteiger partial charge on any atom is -0.502 e. The molecule has 0 saturated carbocycles. The van der Waals surface area contributed by atoms with Gasteiger partial charge in [0.05, 0.1) is 19.8 Å². The smallest absolute Gasteiger partial charge is 0.200 e. The molecule has 1 rings (SSSR count). The topological polar surface area (TPSA) is 88.5 Å². The third-order valence-electron chi connectivity index (χ3n) is 2.44. The van der Waals surface area contributed by atoms with Crippen molar-refractivity contribution in [2.45, 2.75) is 0 Å². The molecule has 0 aliphatic carbocycles. The molecule has 0 spiro atoms. The fraction of sp³-hybridized carbons (Fsp3) is 0.143. The fourth-order valence-electron chi connectivity index (χ4n) is 1.44. The molecule has 0 saturated heterocycles. The summed E-state index contributed by atoms with van der Waals surface area (Å²) in [5.74, 6) is 0.522. The summed E-state index contributed by atoms with van der Waals surface area (Å²) in [4.78, 5) is 0.0398. The second-order valence-corrected chi connectivity index (χ2v) is 4.13. The van der Waals surface area contributed by atoms with Crippen LogP contribution < -0.4 is 15.2 Å². The maximum absolute atomic E-state index is 9.78. The van der Waals surface area contributed by atoms with E-state index in [1.165, 1.54) is 20.3 Å². The van der Waals surface area contributed by atoms with Crippen molar-refractivity contribution in [2.24, 2.45) is 5.73 Å². The Bertz CT molecular complexity index is 590. The first-order valence-electron chi connectivity index (χ1n) is 5.56. The van der Waals surface area contributed by atoms with Crippen molar-refractivity contribution < 1.29 is 14.6 Å². The van der Waals surface area contributed by atoms with Gasteiger partial charge in [-0.25, -0.2) is 0 Å². The van der Waals surface area contributed by atoms with Gasteiger partial charge in [0.2, 0.25) is 5.75 Å². The van der Waals surface area contributed by atoms with Crippen molar-refractivity contribution in [3.05, 3.63) is 35.4 Å². The highest BCUT2D eigenvalue weighted by Crippen LogP contribution is 2.37. The Balaban J connectivity index is 3.10. The molecule has 5 nitrogen and oxygen atoms in total. The van der Waals surface area contributed by atoms with Crippen LogP contribution in [0.5, 0.6) is 17.2 Å². The van der Waals surface area contributed by atoms with E-state index < -0.39 is 0 Å². The second-order valence-electron chi connectivity index (χ2n) is 3.69. The van der Waals surface area contributed by atoms with Gasteiger partial charge in [-0.05, 0) is 23.8 Å². The van der Waals surface area contributed by atoms with Crippen molar-refractivity contribution in [3.8, 4) is 23.3 Å². The Morgan fingerprint density at radius 1 is 1.35 bits per heavy atom. The zero-order chi connectivity index (χ0) is 15.1. The number of rotatable bonds is 5. The second kappa shape index (κ2) is 7.16. The van der Waals surface area contributed by atoms with E-state index in [9.17, 15) is 5.11 Å². The number of phenols is 1. The molecule has 104 valence electrons. The van der Waals surface area contributed by atoms with E-state index in [-0.39, 0.29) is 16.3 Å². The normalized spacial score (nSPS) is 11.2. The highest BCUT2D eigenvalue weighted by atomic mass is 32.1. The Kier molecular flexibility index (Phi) is 5.56. The van der Waals surface area contributed by atoms with E-state index in [0.29, 0.717) is 11.5 Å². The summed E-state index contributed by atoms with van der Waals surface area (Å²) in [6, 6.07) is 5.16. The van der Waals surface area contributed by atoms with Crippen LogP contribution in [0.3, 0.4) is 0 Å². The summed E-state index contributed by atoms with van der Waals surface area (Å²) < 4.78 is 10.1. The number of aromatic hydroxyl groups is 1. The number of methoxy groups -OCH3 is 2. The van der Waals surface area contributed by atoms with Crippen LogP contribution in [-0.4, -0.2) is 24.3 Å². The van der Waals surface area contributed by atoms with Gasteiger partial charge in [-0.15, -0.1) is 0 Å². The summed E-state index contributed by atoms with van der Waals surface area (Å²) in [6.07, 6.45) is 4.84. The Labute approximate surface area is 122 Å². The molecule has 0 radical (unpaired) electrons. The van der Waals surface area contributed by atoms with Crippen LogP contribution in [0.15, 0.2) is 29.9 Å². The first kappa shape index (κ1) is 15.5. The average Bonchev–Trinajstić information content (AvgIpc) is 2.44. The molecular formula is C14H14N2O3S. The molecule has 0 aliphatic heterocycles.